The summed E-state index contributed by atoms with van der Waals surface area (Å²) in [7, 11) is 1.32. The minimum Gasteiger partial charge on any atom is -0.343 e. The number of carbonyl (C=O) groups excluding carboxylic acids is 2. The summed E-state index contributed by atoms with van der Waals surface area (Å²) in [6.45, 7) is 5.74. The molecule has 0 fully saturated rings. The van der Waals surface area contributed by atoms with Gasteiger partial charge in [-0.1, -0.05) is 56.5 Å². The molecule has 3 rings (SSSR count). The molecule has 0 aliphatic heterocycles. The molecule has 218 valence electrons. The van der Waals surface area contributed by atoms with Crippen molar-refractivity contribution in [1.82, 2.24) is 15.0 Å². The van der Waals surface area contributed by atoms with E-state index in [9.17, 15) is 27.7 Å². The molecule has 0 atom stereocenters. The van der Waals surface area contributed by atoms with Crippen molar-refractivity contribution in [1.29, 1.82) is 0 Å². The molecule has 0 spiro atoms. The first-order valence-corrected chi connectivity index (χ1v) is 14.1. The summed E-state index contributed by atoms with van der Waals surface area (Å²) in [4.78, 5) is 40.8. The molecular formula is C28H37F3N5O3S+. The van der Waals surface area contributed by atoms with Gasteiger partial charge in [0.25, 0.3) is 5.91 Å². The Labute approximate surface area is 236 Å². The van der Waals surface area contributed by atoms with Gasteiger partial charge in [-0.25, -0.2) is 4.98 Å². The van der Waals surface area contributed by atoms with E-state index in [0.29, 0.717) is 21.5 Å². The number of anilines is 1. The van der Waals surface area contributed by atoms with Crippen LogP contribution in [-0.4, -0.2) is 46.1 Å². The van der Waals surface area contributed by atoms with Gasteiger partial charge in [-0.15, -0.1) is 11.3 Å². The number of alkyl halides is 3. The molecular weight excluding hydrogens is 543 g/mol. The molecule has 0 unspecified atom stereocenters. The number of nitrogens with zero attached hydrogens (tertiary/aromatic N) is 3. The first-order chi connectivity index (χ1) is 19.0. The van der Waals surface area contributed by atoms with Crippen molar-refractivity contribution in [3.05, 3.63) is 64.1 Å². The van der Waals surface area contributed by atoms with Crippen LogP contribution in [0.1, 0.15) is 81.1 Å². The first-order valence-electron chi connectivity index (χ1n) is 13.3. The summed E-state index contributed by atoms with van der Waals surface area (Å²) in [6, 6.07) is 9.98. The highest BCUT2D eigenvalue weighted by molar-refractivity contribution is 7.14. The number of nitroso groups, excluding NO2 is 1. The first kappa shape index (κ1) is 32.7. The van der Waals surface area contributed by atoms with E-state index in [4.69, 9.17) is 0 Å². The maximum absolute atomic E-state index is 12.3. The molecule has 8 nitrogen and oxygen atoms in total. The lowest BCUT2D eigenvalue weighted by atomic mass is 9.89. The average molecular weight is 581 g/mol. The standard InChI is InChI=1S/C24H29N5O3S.C4H7F3/c1-4-7-17(8-5-2)18-9-6-10-19(13-18)21-16-33-24(26-21)27-22(30)14-25-23(31)20-11-12-29(15-20)28(3)32;1-2-3-4(5,6)7/h6,9-13,15-17H,4-5,7-8,14H2,1-3H3,(H-,25,26,27,30,31);2-3H2,1H3/p+1. The molecule has 0 aliphatic carbocycles. The van der Waals surface area contributed by atoms with Crippen LogP contribution in [0.25, 0.3) is 11.3 Å². The van der Waals surface area contributed by atoms with E-state index in [1.54, 1.807) is 0 Å². The van der Waals surface area contributed by atoms with E-state index in [1.807, 2.05) is 11.4 Å². The molecule has 0 saturated carbocycles. The zero-order chi connectivity index (χ0) is 29.7. The monoisotopic (exact) mass is 580 g/mol. The Balaban J connectivity index is 0.000000708. The minimum absolute atomic E-state index is 0.184. The normalized spacial score (nSPS) is 11.1. The van der Waals surface area contributed by atoms with Crippen molar-refractivity contribution >= 4 is 28.3 Å². The predicted molar refractivity (Wildman–Crippen MR) is 151 cm³/mol. The van der Waals surface area contributed by atoms with E-state index >= 15 is 0 Å². The molecule has 0 saturated heterocycles. The fourth-order valence-electron chi connectivity index (χ4n) is 3.99. The van der Waals surface area contributed by atoms with Crippen molar-refractivity contribution < 1.29 is 27.6 Å². The van der Waals surface area contributed by atoms with Crippen LogP contribution < -0.4 is 10.6 Å². The van der Waals surface area contributed by atoms with Crippen LogP contribution in [0.15, 0.2) is 48.1 Å². The van der Waals surface area contributed by atoms with E-state index in [1.165, 1.54) is 66.8 Å². The summed E-state index contributed by atoms with van der Waals surface area (Å²) in [6.07, 6.45) is 3.08. The fourth-order valence-corrected chi connectivity index (χ4v) is 4.73. The van der Waals surface area contributed by atoms with Crippen molar-refractivity contribution in [2.75, 3.05) is 18.9 Å². The largest absolute Gasteiger partial charge is 0.389 e. The van der Waals surface area contributed by atoms with Crippen LogP contribution in [0.4, 0.5) is 18.3 Å². The van der Waals surface area contributed by atoms with Gasteiger partial charge in [0.2, 0.25) is 13.0 Å². The summed E-state index contributed by atoms with van der Waals surface area (Å²) in [5.41, 5.74) is 3.47. The Kier molecular flexibility index (Phi) is 13.0. The Morgan fingerprint density at radius 2 is 1.80 bits per heavy atom. The predicted octanol–water partition coefficient (Wildman–Crippen LogP) is 7.18. The SMILES string of the molecule is CCCC(CCC)c1cccc(-c2csc(NC(=O)CNC(=O)c3ccn([N+](C)=O)c3)n2)c1.CCCC(F)(F)F. The zero-order valence-electron chi connectivity index (χ0n) is 23.3. The van der Waals surface area contributed by atoms with E-state index in [0.717, 1.165) is 24.1 Å². The lowest BCUT2D eigenvalue weighted by Crippen LogP contribution is -2.32. The molecule has 3 aromatic rings. The fraction of sp³-hybridized carbons (Fsp3) is 0.464. The van der Waals surface area contributed by atoms with Crippen LogP contribution in [0, 0.1) is 4.91 Å². The molecule has 1 aromatic carbocycles. The minimum atomic E-state index is -3.95. The van der Waals surface area contributed by atoms with E-state index < -0.39 is 18.5 Å². The van der Waals surface area contributed by atoms with Crippen LogP contribution in [0.5, 0.6) is 0 Å². The van der Waals surface area contributed by atoms with Gasteiger partial charge in [-0.2, -0.15) is 13.2 Å². The Morgan fingerprint density at radius 1 is 1.10 bits per heavy atom. The molecule has 0 bridgehead atoms. The number of carbonyl (C=O) groups is 2. The van der Waals surface area contributed by atoms with Crippen molar-refractivity contribution in [3.63, 3.8) is 0 Å². The Bertz CT molecular complexity index is 1250. The van der Waals surface area contributed by atoms with Crippen LogP contribution in [0.3, 0.4) is 0 Å². The number of amides is 2. The third kappa shape index (κ3) is 10.9. The van der Waals surface area contributed by atoms with Crippen LogP contribution in [-0.2, 0) is 4.79 Å². The quantitative estimate of drug-likeness (QED) is 0.222. The molecule has 40 heavy (non-hydrogen) atoms. The molecule has 0 radical (unpaired) electrons. The number of nitrogens with one attached hydrogen (secondary N) is 2. The van der Waals surface area contributed by atoms with Gasteiger partial charge in [0, 0.05) is 17.4 Å². The lowest BCUT2D eigenvalue weighted by Gasteiger charge is -2.16. The number of hydrogen-bond donors (Lipinski definition) is 2. The molecule has 2 N–H and O–H groups in total. The van der Waals surface area contributed by atoms with Gasteiger partial charge < -0.3 is 10.6 Å². The number of aromatic nitrogens is 2. The van der Waals surface area contributed by atoms with Crippen molar-refractivity contribution in [2.45, 2.75) is 71.4 Å². The molecule has 2 amide bonds. The topological polar surface area (TPSA) is 96.1 Å². The number of benzene rings is 1. The lowest BCUT2D eigenvalue weighted by molar-refractivity contribution is -0.578. The van der Waals surface area contributed by atoms with E-state index in [-0.39, 0.29) is 18.9 Å². The van der Waals surface area contributed by atoms with Gasteiger partial charge in [-0.05, 0) is 42.9 Å². The second-order valence-electron chi connectivity index (χ2n) is 9.28. The van der Waals surface area contributed by atoms with Gasteiger partial charge in [0.1, 0.15) is 4.87 Å². The van der Waals surface area contributed by atoms with Gasteiger partial charge in [0.05, 0.1) is 35.1 Å². The third-order valence-electron chi connectivity index (χ3n) is 5.89. The maximum Gasteiger partial charge on any atom is 0.389 e. The number of hydrogen-bond acceptors (Lipinski definition) is 5. The second kappa shape index (κ2) is 15.9. The summed E-state index contributed by atoms with van der Waals surface area (Å²) < 4.78 is 34.4. The van der Waals surface area contributed by atoms with Crippen molar-refractivity contribution in [2.24, 2.45) is 0 Å². The highest BCUT2D eigenvalue weighted by Gasteiger charge is 2.24. The van der Waals surface area contributed by atoms with Crippen LogP contribution >= 0.6 is 11.3 Å². The van der Waals surface area contributed by atoms with E-state index in [2.05, 4.69) is 47.7 Å². The summed E-state index contributed by atoms with van der Waals surface area (Å²) >= 11 is 1.35. The second-order valence-corrected chi connectivity index (χ2v) is 10.1. The van der Waals surface area contributed by atoms with Gasteiger partial charge in [0.15, 0.2) is 5.13 Å². The highest BCUT2D eigenvalue weighted by Crippen LogP contribution is 2.31. The number of halogens is 3. The molecule has 0 aliphatic rings. The Hall–Kier alpha value is -3.54. The van der Waals surface area contributed by atoms with Crippen molar-refractivity contribution in [3.8, 4) is 11.3 Å². The third-order valence-corrected chi connectivity index (χ3v) is 6.64. The zero-order valence-corrected chi connectivity index (χ0v) is 24.1. The number of thiazole rings is 1. The van der Waals surface area contributed by atoms with Gasteiger partial charge in [-0.3, -0.25) is 9.59 Å². The summed E-state index contributed by atoms with van der Waals surface area (Å²) in [5.74, 6) is -0.257. The molecule has 2 aromatic heterocycles. The highest BCUT2D eigenvalue weighted by atomic mass is 32.1. The Morgan fingerprint density at radius 3 is 2.35 bits per heavy atom. The maximum atomic E-state index is 12.3. The average Bonchev–Trinajstić information content (AvgIpc) is 3.57. The van der Waals surface area contributed by atoms with Gasteiger partial charge >= 0.3 is 6.18 Å². The van der Waals surface area contributed by atoms with Crippen LogP contribution in [0.2, 0.25) is 0 Å². The molecule has 12 heteroatoms. The summed E-state index contributed by atoms with van der Waals surface area (Å²) in [5, 5.41) is 7.68. The number of rotatable bonds is 12. The smallest absolute Gasteiger partial charge is 0.343 e. The molecule has 2 heterocycles.